The van der Waals surface area contributed by atoms with Gasteiger partial charge in [0.05, 0.1) is 6.26 Å². The predicted octanol–water partition coefficient (Wildman–Crippen LogP) is 4.96. The lowest BCUT2D eigenvalue weighted by Gasteiger charge is -2.44. The lowest BCUT2D eigenvalue weighted by Crippen LogP contribution is -2.58. The molecule has 14 heteroatoms. The number of hydrogen-bond acceptors (Lipinski definition) is 4. The number of nitrogens with zero attached hydrogens (tertiary/aromatic N) is 2. The second-order valence-electron chi connectivity index (χ2n) is 12.0. The number of hydrogen-bond donors (Lipinski definition) is 1. The zero-order valence-electron chi connectivity index (χ0n) is 23.3. The predicted molar refractivity (Wildman–Crippen MR) is 140 cm³/mol. The van der Waals surface area contributed by atoms with Gasteiger partial charge in [-0.3, -0.25) is 4.79 Å². The molecular weight excluding hydrogens is 593 g/mol. The molecule has 4 rings (SSSR count). The van der Waals surface area contributed by atoms with Crippen LogP contribution in [0.4, 0.5) is 30.7 Å². The third-order valence-electron chi connectivity index (χ3n) is 9.22. The summed E-state index contributed by atoms with van der Waals surface area (Å²) in [6.45, 7) is 4.12. The Labute approximate surface area is 239 Å². The van der Waals surface area contributed by atoms with Crippen molar-refractivity contribution in [3.05, 3.63) is 59.4 Å². The standard InChI is InChI=1S/C28H33F7N2O4S/c1-24(12-8-20(9-13-24)26(39,27(30,31)32)28(33,34)35)22-16-36(17-25(22,2)19-4-6-21(29)7-5-19)23(38)18-10-14-37(15-11-18)42(3,40)41/h4-9,12,18,22,39H,10-11,13-17H2,1-3H3/t22-,24?,25+/m0/s1. The fraction of sp³-hybridized carbons (Fsp3) is 0.607. The number of likely N-dealkylation sites (tertiary alicyclic amines) is 1. The Hall–Kier alpha value is -2.45. The Morgan fingerprint density at radius 1 is 1.00 bits per heavy atom. The van der Waals surface area contributed by atoms with Crippen molar-refractivity contribution >= 4 is 15.9 Å². The van der Waals surface area contributed by atoms with Gasteiger partial charge in [-0.2, -0.15) is 26.3 Å². The number of benzene rings is 1. The molecule has 0 bridgehead atoms. The zero-order chi connectivity index (χ0) is 31.5. The molecule has 1 aromatic carbocycles. The van der Waals surface area contributed by atoms with E-state index in [1.807, 2.05) is 6.92 Å². The maximum Gasteiger partial charge on any atom is 0.430 e. The second-order valence-corrected chi connectivity index (χ2v) is 14.0. The van der Waals surface area contributed by atoms with E-state index in [2.05, 4.69) is 0 Å². The van der Waals surface area contributed by atoms with Crippen LogP contribution in [0.5, 0.6) is 0 Å². The molecule has 1 amide bonds. The van der Waals surface area contributed by atoms with Crippen molar-refractivity contribution < 1.29 is 49.1 Å². The number of amides is 1. The number of piperidine rings is 1. The number of rotatable bonds is 5. The molecule has 42 heavy (non-hydrogen) atoms. The minimum absolute atomic E-state index is 0.117. The van der Waals surface area contributed by atoms with Crippen LogP contribution in [0.1, 0.15) is 38.7 Å². The molecule has 0 aromatic heterocycles. The van der Waals surface area contributed by atoms with Gasteiger partial charge in [0.15, 0.2) is 0 Å². The fourth-order valence-corrected chi connectivity index (χ4v) is 7.55. The number of sulfonamides is 1. The van der Waals surface area contributed by atoms with Crippen LogP contribution in [0.15, 0.2) is 48.1 Å². The minimum atomic E-state index is -6.01. The maximum atomic E-state index is 13.8. The first-order valence-electron chi connectivity index (χ1n) is 13.4. The van der Waals surface area contributed by atoms with Crippen LogP contribution >= 0.6 is 0 Å². The monoisotopic (exact) mass is 626 g/mol. The lowest BCUT2D eigenvalue weighted by molar-refractivity contribution is -0.351. The van der Waals surface area contributed by atoms with E-state index in [0.717, 1.165) is 12.3 Å². The van der Waals surface area contributed by atoms with E-state index in [1.165, 1.54) is 22.5 Å². The molecule has 1 aliphatic carbocycles. The van der Waals surface area contributed by atoms with Gasteiger partial charge < -0.3 is 10.0 Å². The molecule has 6 nitrogen and oxygen atoms in total. The van der Waals surface area contributed by atoms with Crippen molar-refractivity contribution in [1.82, 2.24) is 9.21 Å². The first-order chi connectivity index (χ1) is 19.1. The highest BCUT2D eigenvalue weighted by Gasteiger charge is 2.72. The molecular formula is C28H33F7N2O4S. The third-order valence-corrected chi connectivity index (χ3v) is 10.5. The summed E-state index contributed by atoms with van der Waals surface area (Å²) in [5.41, 5.74) is -7.64. The van der Waals surface area contributed by atoms with Gasteiger partial charge in [0.25, 0.3) is 5.60 Å². The highest BCUT2D eigenvalue weighted by molar-refractivity contribution is 7.88. The van der Waals surface area contributed by atoms with E-state index < -0.39 is 62.0 Å². The highest BCUT2D eigenvalue weighted by Crippen LogP contribution is 2.55. The van der Waals surface area contributed by atoms with Gasteiger partial charge in [-0.15, -0.1) is 0 Å². The Kier molecular flexibility index (Phi) is 8.21. The average Bonchev–Trinajstić information content (AvgIpc) is 3.26. The quantitative estimate of drug-likeness (QED) is 0.469. The van der Waals surface area contributed by atoms with Gasteiger partial charge in [0.1, 0.15) is 5.82 Å². The van der Waals surface area contributed by atoms with E-state index in [-0.39, 0.29) is 38.5 Å². The van der Waals surface area contributed by atoms with Gasteiger partial charge in [-0.05, 0) is 53.9 Å². The Bertz CT molecular complexity index is 1350. The second kappa shape index (κ2) is 10.6. The summed E-state index contributed by atoms with van der Waals surface area (Å²) in [5, 5.41) is 9.88. The largest absolute Gasteiger partial charge is 0.430 e. The van der Waals surface area contributed by atoms with E-state index in [4.69, 9.17) is 0 Å². The van der Waals surface area contributed by atoms with Crippen molar-refractivity contribution in [2.45, 2.75) is 56.5 Å². The topological polar surface area (TPSA) is 77.9 Å². The molecule has 2 saturated heterocycles. The highest BCUT2D eigenvalue weighted by atomic mass is 32.2. The van der Waals surface area contributed by atoms with Gasteiger partial charge >= 0.3 is 12.4 Å². The fourth-order valence-electron chi connectivity index (χ4n) is 6.67. The van der Waals surface area contributed by atoms with E-state index in [9.17, 15) is 49.1 Å². The van der Waals surface area contributed by atoms with Crippen LogP contribution in [-0.2, 0) is 20.2 Å². The van der Waals surface area contributed by atoms with Crippen LogP contribution in [0.2, 0.25) is 0 Å². The molecule has 0 spiro atoms. The number of halogens is 7. The van der Waals surface area contributed by atoms with Crippen molar-refractivity contribution in [2.24, 2.45) is 17.3 Å². The minimum Gasteiger partial charge on any atom is -0.370 e. The van der Waals surface area contributed by atoms with Crippen molar-refractivity contribution in [2.75, 3.05) is 32.4 Å². The van der Waals surface area contributed by atoms with Crippen LogP contribution in [-0.4, -0.2) is 79.0 Å². The van der Waals surface area contributed by atoms with Crippen LogP contribution < -0.4 is 0 Å². The summed E-state index contributed by atoms with van der Waals surface area (Å²) in [4.78, 5) is 15.3. The Balaban J connectivity index is 1.65. The number of carbonyl (C=O) groups is 1. The van der Waals surface area contributed by atoms with Crippen molar-refractivity contribution in [3.8, 4) is 0 Å². The zero-order valence-corrected chi connectivity index (χ0v) is 24.1. The molecule has 1 unspecified atom stereocenters. The smallest absolute Gasteiger partial charge is 0.370 e. The lowest BCUT2D eigenvalue weighted by atomic mass is 9.59. The molecule has 2 heterocycles. The Morgan fingerprint density at radius 3 is 2.00 bits per heavy atom. The molecule has 3 aliphatic rings. The SMILES string of the molecule is CC1([C@@H]2CN(C(=O)C3CCN(S(C)(=O)=O)CC3)C[C@]2(C)c2ccc(F)cc2)C=CC(C(O)(C(F)(F)F)C(F)(F)F)=CC1. The summed E-state index contributed by atoms with van der Waals surface area (Å²) in [7, 11) is -3.41. The van der Waals surface area contributed by atoms with E-state index >= 15 is 0 Å². The molecule has 3 atom stereocenters. The van der Waals surface area contributed by atoms with Crippen molar-refractivity contribution in [3.63, 3.8) is 0 Å². The first-order valence-corrected chi connectivity index (χ1v) is 15.2. The summed E-state index contributed by atoms with van der Waals surface area (Å²) in [5.74, 6) is -1.71. The van der Waals surface area contributed by atoms with Crippen molar-refractivity contribution in [1.29, 1.82) is 0 Å². The van der Waals surface area contributed by atoms with Crippen LogP contribution in [0, 0.1) is 23.1 Å². The molecule has 1 N–H and O–H groups in total. The van der Waals surface area contributed by atoms with Crippen LogP contribution in [0.25, 0.3) is 0 Å². The summed E-state index contributed by atoms with van der Waals surface area (Å²) < 4.78 is 120. The van der Waals surface area contributed by atoms with Gasteiger partial charge in [0, 0.05) is 37.5 Å². The summed E-state index contributed by atoms with van der Waals surface area (Å²) in [6.07, 6.45) is -7.98. The number of aliphatic hydroxyl groups is 1. The van der Waals surface area contributed by atoms with Gasteiger partial charge in [0.2, 0.25) is 15.9 Å². The number of allylic oxidation sites excluding steroid dienone is 2. The summed E-state index contributed by atoms with van der Waals surface area (Å²) >= 11 is 0. The third kappa shape index (κ3) is 5.61. The number of carbonyl (C=O) groups excluding carboxylic acids is 1. The first kappa shape index (κ1) is 32.5. The molecule has 2 fully saturated rings. The van der Waals surface area contributed by atoms with Crippen LogP contribution in [0.3, 0.4) is 0 Å². The Morgan fingerprint density at radius 2 is 1.55 bits per heavy atom. The molecule has 0 radical (unpaired) electrons. The maximum absolute atomic E-state index is 13.8. The normalized spacial score (nSPS) is 28.7. The average molecular weight is 627 g/mol. The molecule has 0 saturated carbocycles. The number of alkyl halides is 6. The van der Waals surface area contributed by atoms with E-state index in [0.29, 0.717) is 24.5 Å². The molecule has 2 aliphatic heterocycles. The summed E-state index contributed by atoms with van der Waals surface area (Å²) in [6, 6.07) is 5.58. The van der Waals surface area contributed by atoms with Gasteiger partial charge in [-0.25, -0.2) is 17.1 Å². The van der Waals surface area contributed by atoms with E-state index in [1.54, 1.807) is 24.0 Å². The molecule has 1 aromatic rings. The molecule has 234 valence electrons. The van der Waals surface area contributed by atoms with Gasteiger partial charge in [-0.1, -0.05) is 44.2 Å².